The van der Waals surface area contributed by atoms with Crippen LogP contribution < -0.4 is 21.3 Å². The van der Waals surface area contributed by atoms with Crippen molar-refractivity contribution in [3.63, 3.8) is 0 Å². The van der Waals surface area contributed by atoms with Gasteiger partial charge in [0.05, 0.1) is 11.6 Å². The number of rotatable bonds is 7. The van der Waals surface area contributed by atoms with Crippen LogP contribution in [0.1, 0.15) is 6.42 Å². The highest BCUT2D eigenvalue weighted by Gasteiger charge is 2.08. The Morgan fingerprint density at radius 1 is 1.35 bits per heavy atom. The van der Waals surface area contributed by atoms with E-state index in [1.807, 2.05) is 11.4 Å². The Bertz CT molecular complexity index is 684. The lowest BCUT2D eigenvalue weighted by Crippen LogP contribution is -2.24. The van der Waals surface area contributed by atoms with E-state index >= 15 is 0 Å². The van der Waals surface area contributed by atoms with Crippen LogP contribution in [-0.2, 0) is 10.0 Å². The molecular formula is C10H16N6O2S2. The number of hydrogen-bond acceptors (Lipinski definition) is 8. The second-order valence-corrected chi connectivity index (χ2v) is 6.85. The van der Waals surface area contributed by atoms with Crippen LogP contribution in [0.4, 0.5) is 11.8 Å². The van der Waals surface area contributed by atoms with Crippen molar-refractivity contribution < 1.29 is 8.42 Å². The zero-order valence-corrected chi connectivity index (χ0v) is 12.5. The maximum atomic E-state index is 10.9. The van der Waals surface area contributed by atoms with Gasteiger partial charge in [0.2, 0.25) is 16.0 Å². The number of thiophene rings is 1. The first-order valence-corrected chi connectivity index (χ1v) is 8.67. The van der Waals surface area contributed by atoms with E-state index in [1.165, 1.54) is 11.3 Å². The molecule has 8 nitrogen and oxygen atoms in total. The van der Waals surface area contributed by atoms with Gasteiger partial charge in [-0.15, -0.1) is 11.3 Å². The van der Waals surface area contributed by atoms with E-state index in [0.29, 0.717) is 31.3 Å². The molecule has 0 spiro atoms. The lowest BCUT2D eigenvalue weighted by atomic mass is 10.3. The largest absolute Gasteiger partial charge is 0.369 e. The van der Waals surface area contributed by atoms with E-state index < -0.39 is 10.0 Å². The standard InChI is InChI=1S/C10H16N6O2S2/c1-20(17,18)13-5-2-4-12-8-7-3-6-19-9(7)15-10(14-8)16-11/h3,6,13H,2,4-5,11H2,1H3,(H2,12,14,15,16). The third kappa shape index (κ3) is 4.00. The molecule has 0 aliphatic carbocycles. The third-order valence-electron chi connectivity index (χ3n) is 2.46. The summed E-state index contributed by atoms with van der Waals surface area (Å²) in [6.45, 7) is 0.972. The number of aromatic nitrogens is 2. The summed E-state index contributed by atoms with van der Waals surface area (Å²) in [5.41, 5.74) is 2.42. The topological polar surface area (TPSA) is 122 Å². The average Bonchev–Trinajstić information content (AvgIpc) is 2.84. The van der Waals surface area contributed by atoms with Crippen molar-refractivity contribution in [1.29, 1.82) is 0 Å². The first-order chi connectivity index (χ1) is 9.49. The van der Waals surface area contributed by atoms with E-state index in [9.17, 15) is 8.42 Å². The maximum Gasteiger partial charge on any atom is 0.240 e. The summed E-state index contributed by atoms with van der Waals surface area (Å²) in [6, 6.07) is 1.93. The number of hydrazine groups is 1. The molecule has 0 radical (unpaired) electrons. The van der Waals surface area contributed by atoms with Crippen molar-refractivity contribution in [3.8, 4) is 0 Å². The number of anilines is 2. The lowest BCUT2D eigenvalue weighted by Gasteiger charge is -2.08. The number of nitrogens with one attached hydrogen (secondary N) is 3. The number of nitrogens with zero attached hydrogens (tertiary/aromatic N) is 2. The molecule has 0 unspecified atom stereocenters. The highest BCUT2D eigenvalue weighted by molar-refractivity contribution is 7.88. The van der Waals surface area contributed by atoms with Crippen molar-refractivity contribution in [2.24, 2.45) is 5.84 Å². The number of hydrogen-bond donors (Lipinski definition) is 4. The molecule has 0 amide bonds. The first kappa shape index (κ1) is 14.9. The molecule has 5 N–H and O–H groups in total. The van der Waals surface area contributed by atoms with Gasteiger partial charge >= 0.3 is 0 Å². The zero-order valence-electron chi connectivity index (χ0n) is 10.9. The molecule has 20 heavy (non-hydrogen) atoms. The molecule has 0 aliphatic rings. The molecule has 2 aromatic heterocycles. The predicted octanol–water partition coefficient (Wildman–Crippen LogP) is 0.328. The summed E-state index contributed by atoms with van der Waals surface area (Å²) in [5, 5.41) is 6.01. The van der Waals surface area contributed by atoms with Gasteiger partial charge in [0.1, 0.15) is 10.6 Å². The SMILES string of the molecule is CS(=O)(=O)NCCCNc1nc(NN)nc2sccc12. The minimum Gasteiger partial charge on any atom is -0.369 e. The Kier molecular flexibility index (Phi) is 4.70. The summed E-state index contributed by atoms with van der Waals surface area (Å²) < 4.78 is 24.3. The number of nitrogens with two attached hydrogens (primary N) is 1. The quantitative estimate of drug-likeness (QED) is 0.330. The van der Waals surface area contributed by atoms with Crippen LogP contribution in [0.25, 0.3) is 10.2 Å². The third-order valence-corrected chi connectivity index (χ3v) is 4.00. The minimum absolute atomic E-state index is 0.344. The van der Waals surface area contributed by atoms with E-state index in [2.05, 4.69) is 25.4 Å². The number of nitrogen functional groups attached to an aromatic ring is 1. The van der Waals surface area contributed by atoms with Gasteiger partial charge in [0.15, 0.2) is 0 Å². The highest BCUT2D eigenvalue weighted by atomic mass is 32.2. The predicted molar refractivity (Wildman–Crippen MR) is 81.2 cm³/mol. The molecule has 110 valence electrons. The second-order valence-electron chi connectivity index (χ2n) is 4.13. The summed E-state index contributed by atoms with van der Waals surface area (Å²) in [7, 11) is -3.13. The van der Waals surface area contributed by atoms with Gasteiger partial charge in [0.25, 0.3) is 0 Å². The second kappa shape index (κ2) is 6.31. The Labute approximate surface area is 120 Å². The first-order valence-electron chi connectivity index (χ1n) is 5.90. The van der Waals surface area contributed by atoms with Crippen LogP contribution in [-0.4, -0.2) is 37.7 Å². The van der Waals surface area contributed by atoms with Gasteiger partial charge in [-0.2, -0.15) is 4.98 Å². The molecule has 2 aromatic rings. The van der Waals surface area contributed by atoms with Crippen molar-refractivity contribution in [2.45, 2.75) is 6.42 Å². The van der Waals surface area contributed by atoms with Gasteiger partial charge < -0.3 is 5.32 Å². The molecule has 0 bridgehead atoms. The summed E-state index contributed by atoms with van der Waals surface area (Å²) in [6.07, 6.45) is 1.78. The van der Waals surface area contributed by atoms with Crippen LogP contribution in [0.5, 0.6) is 0 Å². The molecule has 2 rings (SSSR count). The number of fused-ring (bicyclic) bond motifs is 1. The molecule has 0 saturated heterocycles. The lowest BCUT2D eigenvalue weighted by molar-refractivity contribution is 0.586. The van der Waals surface area contributed by atoms with Crippen LogP contribution in [0.3, 0.4) is 0 Å². The monoisotopic (exact) mass is 316 g/mol. The Hall–Kier alpha value is -1.49. The Morgan fingerprint density at radius 3 is 2.85 bits per heavy atom. The smallest absolute Gasteiger partial charge is 0.240 e. The molecule has 0 fully saturated rings. The number of sulfonamides is 1. The van der Waals surface area contributed by atoms with Crippen molar-refractivity contribution in [3.05, 3.63) is 11.4 Å². The van der Waals surface area contributed by atoms with E-state index in [-0.39, 0.29) is 0 Å². The normalized spacial score (nSPS) is 11.7. The van der Waals surface area contributed by atoms with Crippen LogP contribution in [0, 0.1) is 0 Å². The molecule has 0 atom stereocenters. The van der Waals surface area contributed by atoms with Crippen LogP contribution in [0.15, 0.2) is 11.4 Å². The molecule has 0 aromatic carbocycles. The van der Waals surface area contributed by atoms with Gasteiger partial charge in [-0.05, 0) is 17.9 Å². The fourth-order valence-corrected chi connectivity index (χ4v) is 2.89. The van der Waals surface area contributed by atoms with Crippen molar-refractivity contribution in [2.75, 3.05) is 30.1 Å². The van der Waals surface area contributed by atoms with Gasteiger partial charge in [-0.25, -0.2) is 24.0 Å². The Balaban J connectivity index is 1.97. The highest BCUT2D eigenvalue weighted by Crippen LogP contribution is 2.26. The van der Waals surface area contributed by atoms with Gasteiger partial charge in [0, 0.05) is 13.1 Å². The summed E-state index contributed by atoms with van der Waals surface area (Å²) in [4.78, 5) is 9.32. The summed E-state index contributed by atoms with van der Waals surface area (Å²) in [5.74, 6) is 6.36. The van der Waals surface area contributed by atoms with Crippen LogP contribution in [0.2, 0.25) is 0 Å². The molecule has 0 saturated carbocycles. The van der Waals surface area contributed by atoms with E-state index in [0.717, 1.165) is 16.5 Å². The maximum absolute atomic E-state index is 10.9. The van der Waals surface area contributed by atoms with Crippen LogP contribution >= 0.6 is 11.3 Å². The fourth-order valence-electron chi connectivity index (χ4n) is 1.61. The molecule has 0 aliphatic heterocycles. The minimum atomic E-state index is -3.13. The average molecular weight is 316 g/mol. The Morgan fingerprint density at radius 2 is 2.15 bits per heavy atom. The van der Waals surface area contributed by atoms with Crippen molar-refractivity contribution >= 4 is 43.3 Å². The zero-order chi connectivity index (χ0) is 14.6. The van der Waals surface area contributed by atoms with Gasteiger partial charge in [-0.1, -0.05) is 0 Å². The van der Waals surface area contributed by atoms with Gasteiger partial charge in [-0.3, -0.25) is 5.43 Å². The molecule has 10 heteroatoms. The van der Waals surface area contributed by atoms with Crippen molar-refractivity contribution in [1.82, 2.24) is 14.7 Å². The van der Waals surface area contributed by atoms with E-state index in [1.54, 1.807) is 0 Å². The fraction of sp³-hybridized carbons (Fsp3) is 0.400. The van der Waals surface area contributed by atoms with E-state index in [4.69, 9.17) is 5.84 Å². The summed E-state index contributed by atoms with van der Waals surface area (Å²) >= 11 is 1.50. The molecular weight excluding hydrogens is 300 g/mol. The molecule has 2 heterocycles.